The van der Waals surface area contributed by atoms with Gasteiger partial charge in [0.1, 0.15) is 13.2 Å². The Morgan fingerprint density at radius 1 is 1.16 bits per heavy atom. The number of aromatic nitrogens is 2. The second-order valence-electron chi connectivity index (χ2n) is 8.19. The summed E-state index contributed by atoms with van der Waals surface area (Å²) in [7, 11) is 0. The lowest BCUT2D eigenvalue weighted by Crippen LogP contribution is -2.25. The van der Waals surface area contributed by atoms with E-state index in [0.29, 0.717) is 23.7 Å². The highest BCUT2D eigenvalue weighted by Crippen LogP contribution is 2.34. The fraction of sp³-hybridized carbons (Fsp3) is 0.542. The van der Waals surface area contributed by atoms with Crippen molar-refractivity contribution < 1.29 is 23.9 Å². The van der Waals surface area contributed by atoms with Crippen molar-refractivity contribution in [1.29, 1.82) is 0 Å². The Balaban J connectivity index is 1.74. The Kier molecular flexibility index (Phi) is 9.56. The summed E-state index contributed by atoms with van der Waals surface area (Å²) in [6.45, 7) is 11.1. The second kappa shape index (κ2) is 12.1. The van der Waals surface area contributed by atoms with Crippen LogP contribution in [-0.4, -0.2) is 39.8 Å². The largest absolute Gasteiger partial charge is 0.492 e. The summed E-state index contributed by atoms with van der Waals surface area (Å²) in [5.74, 6) is 0.665. The van der Waals surface area contributed by atoms with Crippen LogP contribution >= 0.6 is 0 Å². The number of aromatic amines is 1. The van der Waals surface area contributed by atoms with Crippen LogP contribution in [0.5, 0.6) is 0 Å². The molecule has 0 spiro atoms. The summed E-state index contributed by atoms with van der Waals surface area (Å²) in [6, 6.07) is 0. The Morgan fingerprint density at radius 3 is 2.38 bits per heavy atom. The number of Topliss-reactive ketones (excluding diaryl/α,β-unsaturated/α-hetero) is 2. The molecule has 1 heterocycles. The highest BCUT2D eigenvalue weighted by molar-refractivity contribution is 6.39. The van der Waals surface area contributed by atoms with Gasteiger partial charge in [-0.2, -0.15) is 0 Å². The van der Waals surface area contributed by atoms with E-state index in [1.54, 1.807) is 12.4 Å². The molecule has 174 valence electrons. The van der Waals surface area contributed by atoms with Gasteiger partial charge in [0, 0.05) is 26.0 Å². The highest BCUT2D eigenvalue weighted by atomic mass is 16.5. The second-order valence-corrected chi connectivity index (χ2v) is 8.19. The maximum absolute atomic E-state index is 12.4. The van der Waals surface area contributed by atoms with Crippen molar-refractivity contribution in [2.24, 2.45) is 16.8 Å². The Labute approximate surface area is 189 Å². The van der Waals surface area contributed by atoms with E-state index in [-0.39, 0.29) is 42.6 Å². The van der Waals surface area contributed by atoms with Crippen LogP contribution in [-0.2, 0) is 25.7 Å². The number of aliphatic imine (C=N–C) groups is 1. The first-order chi connectivity index (χ1) is 15.2. The number of allylic oxidation sites excluding steroid dienone is 1. The number of nitrogens with one attached hydrogen (secondary N) is 1. The average molecular weight is 444 g/mol. The number of imidazole rings is 1. The van der Waals surface area contributed by atoms with Crippen LogP contribution in [0, 0.1) is 11.8 Å². The van der Waals surface area contributed by atoms with Crippen LogP contribution in [0.3, 0.4) is 0 Å². The molecule has 0 bridgehead atoms. The minimum absolute atomic E-state index is 0.0544. The Bertz CT molecular complexity index is 904. The molecule has 0 amide bonds. The third-order valence-electron chi connectivity index (χ3n) is 5.51. The monoisotopic (exact) mass is 443 g/mol. The molecule has 1 aromatic rings. The summed E-state index contributed by atoms with van der Waals surface area (Å²) in [6.07, 6.45) is 6.78. The molecule has 0 radical (unpaired) electrons. The summed E-state index contributed by atoms with van der Waals surface area (Å²) >= 11 is 0. The number of ketones is 2. The molecule has 1 saturated carbocycles. The van der Waals surface area contributed by atoms with Gasteiger partial charge in [0.15, 0.2) is 17.4 Å². The molecule has 1 aliphatic rings. The van der Waals surface area contributed by atoms with Gasteiger partial charge in [-0.05, 0) is 44.6 Å². The average Bonchev–Trinajstić information content (AvgIpc) is 3.25. The number of H-pyrrole nitrogens is 1. The summed E-state index contributed by atoms with van der Waals surface area (Å²) in [5.41, 5.74) is 2.01. The number of ether oxygens (including phenoxy) is 2. The third kappa shape index (κ3) is 7.59. The normalized spacial score (nSPS) is 19.4. The number of nitrogens with zero attached hydrogens (tertiary/aromatic N) is 2. The fourth-order valence-corrected chi connectivity index (χ4v) is 3.51. The van der Waals surface area contributed by atoms with Crippen molar-refractivity contribution in [3.63, 3.8) is 0 Å². The van der Waals surface area contributed by atoms with E-state index in [0.717, 1.165) is 37.0 Å². The van der Waals surface area contributed by atoms with Crippen LogP contribution in [0.2, 0.25) is 0 Å². The maximum Gasteiger partial charge on any atom is 0.309 e. The zero-order valence-electron chi connectivity index (χ0n) is 19.4. The number of esters is 1. The fourth-order valence-electron chi connectivity index (χ4n) is 3.51. The minimum Gasteiger partial charge on any atom is -0.492 e. The van der Waals surface area contributed by atoms with Gasteiger partial charge in [-0.3, -0.25) is 19.4 Å². The van der Waals surface area contributed by atoms with Crippen molar-refractivity contribution in [3.05, 3.63) is 41.8 Å². The molecule has 32 heavy (non-hydrogen) atoms. The molecule has 1 aromatic heterocycles. The molecule has 2 rings (SSSR count). The molecular weight excluding hydrogens is 410 g/mol. The topological polar surface area (TPSA) is 111 Å². The molecule has 1 N–H and O–H groups in total. The van der Waals surface area contributed by atoms with Gasteiger partial charge in [0.2, 0.25) is 0 Å². The first-order valence-electron chi connectivity index (χ1n) is 11.0. The zero-order chi connectivity index (χ0) is 23.7. The van der Waals surface area contributed by atoms with E-state index >= 15 is 0 Å². The van der Waals surface area contributed by atoms with Gasteiger partial charge in [0.05, 0.1) is 29.3 Å². The van der Waals surface area contributed by atoms with Gasteiger partial charge < -0.3 is 14.5 Å². The third-order valence-corrected chi connectivity index (χ3v) is 5.51. The standard InChI is InChI=1S/C24H33N3O5/c1-6-22(16(3)28)25-11-15(2)13-32-24(30)20-9-7-19(8-10-20)18(5)31-14-21-12-26-23(27-21)17(4)29/h11-12,19-20H,5-10,13-14H2,1-4H3,(H,26,27)/b15-11+,25-22+. The van der Waals surface area contributed by atoms with Crippen LogP contribution in [0.4, 0.5) is 0 Å². The lowest BCUT2D eigenvalue weighted by Gasteiger charge is -2.28. The van der Waals surface area contributed by atoms with E-state index in [4.69, 9.17) is 9.47 Å². The predicted octanol–water partition coefficient (Wildman–Crippen LogP) is 4.34. The molecule has 1 fully saturated rings. The number of hydrogen-bond donors (Lipinski definition) is 1. The molecule has 0 saturated heterocycles. The van der Waals surface area contributed by atoms with Crippen molar-refractivity contribution in [3.8, 4) is 0 Å². The van der Waals surface area contributed by atoms with Crippen LogP contribution < -0.4 is 0 Å². The molecular formula is C24H33N3O5. The van der Waals surface area contributed by atoms with Crippen molar-refractivity contribution in [2.75, 3.05) is 6.61 Å². The van der Waals surface area contributed by atoms with Gasteiger partial charge in [0.25, 0.3) is 0 Å². The van der Waals surface area contributed by atoms with E-state index in [9.17, 15) is 14.4 Å². The van der Waals surface area contributed by atoms with Gasteiger partial charge in [-0.15, -0.1) is 0 Å². The summed E-state index contributed by atoms with van der Waals surface area (Å²) in [4.78, 5) is 46.2. The SMILES string of the molecule is C=C(OCc1cnc(C(C)=O)[nH]1)C1CCC(C(=O)OC/C(C)=C/N=C(\CC)C(C)=O)CC1. The maximum atomic E-state index is 12.4. The van der Waals surface area contributed by atoms with Crippen molar-refractivity contribution >= 4 is 23.2 Å². The molecule has 0 aromatic carbocycles. The number of hydrogen-bond acceptors (Lipinski definition) is 7. The molecule has 0 aliphatic heterocycles. The quantitative estimate of drug-likeness (QED) is 0.236. The molecule has 0 unspecified atom stereocenters. The first-order valence-corrected chi connectivity index (χ1v) is 11.0. The number of rotatable bonds is 11. The summed E-state index contributed by atoms with van der Waals surface area (Å²) < 4.78 is 11.2. The molecule has 0 atom stereocenters. The van der Waals surface area contributed by atoms with E-state index in [2.05, 4.69) is 21.5 Å². The Morgan fingerprint density at radius 2 is 1.81 bits per heavy atom. The smallest absolute Gasteiger partial charge is 0.309 e. The summed E-state index contributed by atoms with van der Waals surface area (Å²) in [5, 5.41) is 0. The molecule has 8 heteroatoms. The van der Waals surface area contributed by atoms with Gasteiger partial charge >= 0.3 is 5.97 Å². The van der Waals surface area contributed by atoms with Crippen molar-refractivity contribution in [1.82, 2.24) is 9.97 Å². The number of carbonyl (C=O) groups is 3. The lowest BCUT2D eigenvalue weighted by atomic mass is 9.81. The lowest BCUT2D eigenvalue weighted by molar-refractivity contribution is -0.149. The van der Waals surface area contributed by atoms with E-state index in [1.165, 1.54) is 13.8 Å². The van der Waals surface area contributed by atoms with E-state index < -0.39 is 0 Å². The Hall–Kier alpha value is -3.03. The van der Waals surface area contributed by atoms with Gasteiger partial charge in [-0.25, -0.2) is 4.98 Å². The van der Waals surface area contributed by atoms with Crippen LogP contribution in [0.15, 0.2) is 35.3 Å². The minimum atomic E-state index is -0.205. The molecule has 1 aliphatic carbocycles. The molecule has 8 nitrogen and oxygen atoms in total. The highest BCUT2D eigenvalue weighted by Gasteiger charge is 2.29. The first kappa shape index (κ1) is 25.2. The number of carbonyl (C=O) groups excluding carboxylic acids is 3. The van der Waals surface area contributed by atoms with Crippen molar-refractivity contribution in [2.45, 2.75) is 66.4 Å². The van der Waals surface area contributed by atoms with Gasteiger partial charge in [-0.1, -0.05) is 13.5 Å². The van der Waals surface area contributed by atoms with Crippen LogP contribution in [0.25, 0.3) is 0 Å². The predicted molar refractivity (Wildman–Crippen MR) is 121 cm³/mol. The van der Waals surface area contributed by atoms with Crippen LogP contribution in [0.1, 0.15) is 76.1 Å². The van der Waals surface area contributed by atoms with E-state index in [1.807, 2.05) is 13.8 Å². The zero-order valence-corrected chi connectivity index (χ0v) is 19.4.